The summed E-state index contributed by atoms with van der Waals surface area (Å²) in [6.45, 7) is 2.02. The average molecular weight is 334 g/mol. The first-order chi connectivity index (χ1) is 11.1. The van der Waals surface area contributed by atoms with Crippen LogP contribution < -0.4 is 4.72 Å². The Morgan fingerprint density at radius 3 is 2.65 bits per heavy atom. The molecule has 0 radical (unpaired) electrons. The Hall–Kier alpha value is -1.76. The van der Waals surface area contributed by atoms with Gasteiger partial charge in [0.25, 0.3) is 0 Å². The lowest BCUT2D eigenvalue weighted by Gasteiger charge is -2.16. The number of sulfonamides is 1. The van der Waals surface area contributed by atoms with Gasteiger partial charge in [0.15, 0.2) is 0 Å². The molecule has 0 amide bonds. The molecule has 2 aromatic rings. The SMILES string of the molecule is CCc1ccccc1S(=O)(=O)NCC(CO)Cc1cccnc1. The Balaban J connectivity index is 2.05. The van der Waals surface area contributed by atoms with Crippen LogP contribution in [-0.2, 0) is 22.9 Å². The molecule has 124 valence electrons. The number of benzene rings is 1. The lowest BCUT2D eigenvalue weighted by molar-refractivity contribution is 0.227. The molecule has 2 N–H and O–H groups in total. The predicted molar refractivity (Wildman–Crippen MR) is 89.5 cm³/mol. The number of aryl methyl sites for hydroxylation is 1. The Kier molecular flexibility index (Phi) is 6.27. The lowest BCUT2D eigenvalue weighted by Crippen LogP contribution is -2.32. The van der Waals surface area contributed by atoms with Gasteiger partial charge in [0.2, 0.25) is 10.0 Å². The number of pyridine rings is 1. The second-order valence-electron chi connectivity index (χ2n) is 5.43. The Bertz CT molecular complexity index is 718. The highest BCUT2D eigenvalue weighted by molar-refractivity contribution is 7.89. The minimum Gasteiger partial charge on any atom is -0.396 e. The summed E-state index contributed by atoms with van der Waals surface area (Å²) in [6, 6.07) is 10.7. The fourth-order valence-electron chi connectivity index (χ4n) is 2.42. The monoisotopic (exact) mass is 334 g/mol. The van der Waals surface area contributed by atoms with Gasteiger partial charge in [-0.05, 0) is 42.0 Å². The van der Waals surface area contributed by atoms with Crippen molar-refractivity contribution in [3.05, 3.63) is 59.9 Å². The van der Waals surface area contributed by atoms with E-state index in [1.807, 2.05) is 31.2 Å². The molecule has 0 aliphatic carbocycles. The number of rotatable bonds is 8. The zero-order valence-electron chi connectivity index (χ0n) is 13.1. The van der Waals surface area contributed by atoms with Crippen LogP contribution in [-0.4, -0.2) is 31.7 Å². The molecule has 0 fully saturated rings. The van der Waals surface area contributed by atoms with Gasteiger partial charge >= 0.3 is 0 Å². The maximum atomic E-state index is 12.5. The van der Waals surface area contributed by atoms with Crippen molar-refractivity contribution < 1.29 is 13.5 Å². The minimum atomic E-state index is -3.58. The molecular formula is C17H22N2O3S. The second kappa shape index (κ2) is 8.19. The summed E-state index contributed by atoms with van der Waals surface area (Å²) in [5.41, 5.74) is 1.76. The summed E-state index contributed by atoms with van der Waals surface area (Å²) in [5, 5.41) is 9.50. The van der Waals surface area contributed by atoms with Crippen molar-refractivity contribution in [2.75, 3.05) is 13.2 Å². The van der Waals surface area contributed by atoms with E-state index < -0.39 is 10.0 Å². The van der Waals surface area contributed by atoms with E-state index in [4.69, 9.17) is 0 Å². The molecule has 0 aliphatic rings. The van der Waals surface area contributed by atoms with Gasteiger partial charge in [-0.15, -0.1) is 0 Å². The second-order valence-corrected chi connectivity index (χ2v) is 7.16. The van der Waals surface area contributed by atoms with Crippen LogP contribution in [0.3, 0.4) is 0 Å². The van der Waals surface area contributed by atoms with Crippen molar-refractivity contribution in [2.45, 2.75) is 24.7 Å². The maximum Gasteiger partial charge on any atom is 0.240 e. The largest absolute Gasteiger partial charge is 0.396 e. The molecule has 0 aliphatic heterocycles. The predicted octanol–water partition coefficient (Wildman–Crippen LogP) is 1.77. The van der Waals surface area contributed by atoms with Gasteiger partial charge in [-0.2, -0.15) is 0 Å². The summed E-state index contributed by atoms with van der Waals surface area (Å²) in [5.74, 6) is -0.192. The third kappa shape index (κ3) is 4.86. The highest BCUT2D eigenvalue weighted by Gasteiger charge is 2.19. The zero-order chi connectivity index (χ0) is 16.7. The quantitative estimate of drug-likeness (QED) is 0.771. The van der Waals surface area contributed by atoms with E-state index in [1.54, 1.807) is 24.5 Å². The summed E-state index contributed by atoms with van der Waals surface area (Å²) in [6.07, 6.45) is 4.63. The number of nitrogens with zero attached hydrogens (tertiary/aromatic N) is 1. The summed E-state index contributed by atoms with van der Waals surface area (Å²) in [4.78, 5) is 4.34. The molecule has 1 heterocycles. The van der Waals surface area contributed by atoms with Crippen molar-refractivity contribution in [3.63, 3.8) is 0 Å². The Morgan fingerprint density at radius 1 is 1.22 bits per heavy atom. The number of hydrogen-bond acceptors (Lipinski definition) is 4. The van der Waals surface area contributed by atoms with Crippen LogP contribution in [0.15, 0.2) is 53.7 Å². The molecule has 5 nitrogen and oxygen atoms in total. The number of aliphatic hydroxyl groups excluding tert-OH is 1. The van der Waals surface area contributed by atoms with Crippen LogP contribution >= 0.6 is 0 Å². The normalized spacial score (nSPS) is 13.0. The van der Waals surface area contributed by atoms with Gasteiger partial charge in [0.05, 0.1) is 4.90 Å². The van der Waals surface area contributed by atoms with Crippen LogP contribution in [0.1, 0.15) is 18.1 Å². The zero-order valence-corrected chi connectivity index (χ0v) is 14.0. The molecule has 0 saturated heterocycles. The molecule has 1 aromatic carbocycles. The average Bonchev–Trinajstić information content (AvgIpc) is 2.59. The fourth-order valence-corrected chi connectivity index (χ4v) is 3.84. The van der Waals surface area contributed by atoms with Crippen LogP contribution in [0.4, 0.5) is 0 Å². The standard InChI is InChI=1S/C17H22N2O3S/c1-2-16-7-3-4-8-17(16)23(21,22)19-12-15(13-20)10-14-6-5-9-18-11-14/h3-9,11,15,19-20H,2,10,12-13H2,1H3. The van der Waals surface area contributed by atoms with E-state index in [-0.39, 0.29) is 19.1 Å². The van der Waals surface area contributed by atoms with Crippen LogP contribution in [0, 0.1) is 5.92 Å². The van der Waals surface area contributed by atoms with Crippen molar-refractivity contribution in [3.8, 4) is 0 Å². The summed E-state index contributed by atoms with van der Waals surface area (Å²) in [7, 11) is -3.58. The van der Waals surface area contributed by atoms with E-state index >= 15 is 0 Å². The van der Waals surface area contributed by atoms with E-state index in [0.717, 1.165) is 11.1 Å². The molecule has 2 rings (SSSR count). The van der Waals surface area contributed by atoms with Gasteiger partial charge in [-0.25, -0.2) is 13.1 Å². The highest BCUT2D eigenvalue weighted by Crippen LogP contribution is 2.16. The molecule has 0 spiro atoms. The number of aliphatic hydroxyl groups is 1. The van der Waals surface area contributed by atoms with Crippen molar-refractivity contribution in [2.24, 2.45) is 5.92 Å². The smallest absolute Gasteiger partial charge is 0.240 e. The van der Waals surface area contributed by atoms with E-state index in [1.165, 1.54) is 0 Å². The molecule has 1 atom stereocenters. The maximum absolute atomic E-state index is 12.5. The molecule has 0 saturated carbocycles. The van der Waals surface area contributed by atoms with E-state index in [9.17, 15) is 13.5 Å². The molecular weight excluding hydrogens is 312 g/mol. The topological polar surface area (TPSA) is 79.3 Å². The van der Waals surface area contributed by atoms with Crippen LogP contribution in [0.2, 0.25) is 0 Å². The molecule has 23 heavy (non-hydrogen) atoms. The first kappa shape index (κ1) is 17.6. The lowest BCUT2D eigenvalue weighted by atomic mass is 10.0. The summed E-state index contributed by atoms with van der Waals surface area (Å²) < 4.78 is 27.6. The molecule has 1 unspecified atom stereocenters. The molecule has 1 aromatic heterocycles. The van der Waals surface area contributed by atoms with Crippen LogP contribution in [0.25, 0.3) is 0 Å². The van der Waals surface area contributed by atoms with Crippen LogP contribution in [0.5, 0.6) is 0 Å². The Morgan fingerprint density at radius 2 is 2.00 bits per heavy atom. The van der Waals surface area contributed by atoms with Gasteiger partial charge in [-0.3, -0.25) is 4.98 Å². The number of hydrogen-bond donors (Lipinski definition) is 2. The number of nitrogens with one attached hydrogen (secondary N) is 1. The minimum absolute atomic E-state index is 0.0904. The van der Waals surface area contributed by atoms with Crippen molar-refractivity contribution in [1.82, 2.24) is 9.71 Å². The van der Waals surface area contributed by atoms with Gasteiger partial charge in [-0.1, -0.05) is 31.2 Å². The molecule has 6 heteroatoms. The Labute approximate surface area is 137 Å². The van der Waals surface area contributed by atoms with Crippen molar-refractivity contribution >= 4 is 10.0 Å². The van der Waals surface area contributed by atoms with E-state index in [0.29, 0.717) is 17.7 Å². The van der Waals surface area contributed by atoms with Gasteiger partial charge < -0.3 is 5.11 Å². The third-order valence-corrected chi connectivity index (χ3v) is 5.23. The fraction of sp³-hybridized carbons (Fsp3) is 0.353. The van der Waals surface area contributed by atoms with Gasteiger partial charge in [0.1, 0.15) is 0 Å². The number of aromatic nitrogens is 1. The first-order valence-electron chi connectivity index (χ1n) is 7.64. The van der Waals surface area contributed by atoms with Gasteiger partial charge in [0, 0.05) is 25.5 Å². The molecule has 0 bridgehead atoms. The third-order valence-electron chi connectivity index (χ3n) is 3.71. The van der Waals surface area contributed by atoms with Crippen molar-refractivity contribution in [1.29, 1.82) is 0 Å². The first-order valence-corrected chi connectivity index (χ1v) is 9.12. The van der Waals surface area contributed by atoms with E-state index in [2.05, 4.69) is 9.71 Å². The summed E-state index contributed by atoms with van der Waals surface area (Å²) >= 11 is 0. The highest BCUT2D eigenvalue weighted by atomic mass is 32.2.